The first-order valence-electron chi connectivity index (χ1n) is 8.51. The maximum absolute atomic E-state index is 13.7. The lowest BCUT2D eigenvalue weighted by Gasteiger charge is -2.12. The summed E-state index contributed by atoms with van der Waals surface area (Å²) in [5, 5.41) is 7.80. The molecule has 0 aliphatic heterocycles. The second kappa shape index (κ2) is 8.84. The van der Waals surface area contributed by atoms with E-state index in [1.165, 1.54) is 29.6 Å². The number of nitrogens with zero attached hydrogens (tertiary/aromatic N) is 3. The number of carbonyl (C=O) groups excluding carboxylic acids is 2. The molecular weight excluding hydrogens is 445 g/mol. The Balaban J connectivity index is 1.86. The molecule has 1 amide bonds. The molecule has 0 bridgehead atoms. The van der Waals surface area contributed by atoms with Gasteiger partial charge in [-0.25, -0.2) is 9.67 Å². The highest BCUT2D eigenvalue weighted by Crippen LogP contribution is 2.34. The topological polar surface area (TPSA) is 86.1 Å². The summed E-state index contributed by atoms with van der Waals surface area (Å²) >= 11 is 6.83. The van der Waals surface area contributed by atoms with Gasteiger partial charge in [0.15, 0.2) is 10.8 Å². The van der Waals surface area contributed by atoms with Crippen LogP contribution >= 0.6 is 22.9 Å². The average Bonchev–Trinajstić information content (AvgIpc) is 3.28. The lowest BCUT2D eigenvalue weighted by Crippen LogP contribution is -2.20. The average molecular weight is 459 g/mol. The van der Waals surface area contributed by atoms with Crippen molar-refractivity contribution in [2.24, 2.45) is 0 Å². The van der Waals surface area contributed by atoms with Crippen molar-refractivity contribution in [2.75, 3.05) is 11.9 Å². The van der Waals surface area contributed by atoms with Gasteiger partial charge < -0.3 is 4.74 Å². The summed E-state index contributed by atoms with van der Waals surface area (Å²) in [7, 11) is 0. The smallest absolute Gasteiger partial charge is 0.434 e. The van der Waals surface area contributed by atoms with Crippen LogP contribution in [0.3, 0.4) is 0 Å². The lowest BCUT2D eigenvalue weighted by atomic mass is 10.2. The van der Waals surface area contributed by atoms with Gasteiger partial charge >= 0.3 is 12.1 Å². The highest BCUT2D eigenvalue weighted by molar-refractivity contribution is 7.14. The molecule has 2 heterocycles. The predicted molar refractivity (Wildman–Crippen MR) is 104 cm³/mol. The van der Waals surface area contributed by atoms with Gasteiger partial charge in [-0.1, -0.05) is 17.7 Å². The molecule has 0 aliphatic carbocycles. The number of thiazole rings is 1. The molecule has 1 aromatic carbocycles. The van der Waals surface area contributed by atoms with Crippen molar-refractivity contribution in [1.29, 1.82) is 0 Å². The normalized spacial score (nSPS) is 11.4. The SMILES string of the molecule is CCOC(=O)Cc1csc(NC(=O)c2cnn(-c3cccc(Cl)c3)c2C(F)(F)F)n1. The van der Waals surface area contributed by atoms with E-state index in [1.54, 1.807) is 6.92 Å². The molecule has 0 fully saturated rings. The Morgan fingerprint density at radius 2 is 2.10 bits per heavy atom. The largest absolute Gasteiger partial charge is 0.466 e. The minimum Gasteiger partial charge on any atom is -0.466 e. The first-order valence-corrected chi connectivity index (χ1v) is 9.77. The standard InChI is InChI=1S/C18H14ClF3N4O3S/c1-2-29-14(27)7-11-9-30-17(24-11)25-16(28)13-8-23-26(15(13)18(20,21)22)12-5-3-4-10(19)6-12/h3-6,8-9H,2,7H2,1H3,(H,24,25,28). The Labute approximate surface area is 177 Å². The Morgan fingerprint density at radius 3 is 2.77 bits per heavy atom. The Bertz CT molecular complexity index is 1080. The number of benzene rings is 1. The molecule has 0 spiro atoms. The van der Waals surface area contributed by atoms with Gasteiger partial charge in [-0.15, -0.1) is 11.3 Å². The van der Waals surface area contributed by atoms with E-state index < -0.39 is 29.3 Å². The molecule has 158 valence electrons. The highest BCUT2D eigenvalue weighted by atomic mass is 35.5. The number of nitrogens with one attached hydrogen (secondary N) is 1. The number of esters is 1. The molecule has 3 rings (SSSR count). The Kier molecular flexibility index (Phi) is 6.42. The van der Waals surface area contributed by atoms with Crippen LogP contribution in [0.25, 0.3) is 5.69 Å². The van der Waals surface area contributed by atoms with Gasteiger partial charge in [0.1, 0.15) is 0 Å². The van der Waals surface area contributed by atoms with Crippen molar-refractivity contribution >= 4 is 39.9 Å². The van der Waals surface area contributed by atoms with Crippen LogP contribution in [-0.4, -0.2) is 33.2 Å². The molecule has 30 heavy (non-hydrogen) atoms. The summed E-state index contributed by atoms with van der Waals surface area (Å²) in [5.74, 6) is -1.53. The van der Waals surface area contributed by atoms with Crippen LogP contribution in [0.15, 0.2) is 35.8 Å². The molecule has 1 N–H and O–H groups in total. The molecule has 0 aliphatic rings. The highest BCUT2D eigenvalue weighted by Gasteiger charge is 2.40. The second-order valence-electron chi connectivity index (χ2n) is 5.88. The number of aromatic nitrogens is 3. The maximum Gasteiger partial charge on any atom is 0.434 e. The number of anilines is 1. The van der Waals surface area contributed by atoms with Crippen LogP contribution in [0.4, 0.5) is 18.3 Å². The third kappa shape index (κ3) is 4.97. The first-order chi connectivity index (χ1) is 14.2. The monoisotopic (exact) mass is 458 g/mol. The minimum atomic E-state index is -4.86. The Hall–Kier alpha value is -2.92. The minimum absolute atomic E-state index is 0.0444. The molecule has 12 heteroatoms. The summed E-state index contributed by atoms with van der Waals surface area (Å²) in [6.45, 7) is 1.87. The van der Waals surface area contributed by atoms with E-state index in [1.807, 2.05) is 0 Å². The molecule has 0 saturated heterocycles. The van der Waals surface area contributed by atoms with Crippen molar-refractivity contribution in [3.63, 3.8) is 0 Å². The zero-order valence-electron chi connectivity index (χ0n) is 15.4. The van der Waals surface area contributed by atoms with Crippen molar-refractivity contribution in [2.45, 2.75) is 19.5 Å². The number of alkyl halides is 3. The van der Waals surface area contributed by atoms with E-state index >= 15 is 0 Å². The van der Waals surface area contributed by atoms with E-state index in [2.05, 4.69) is 15.4 Å². The third-order valence-electron chi connectivity index (χ3n) is 3.74. The molecule has 0 radical (unpaired) electrons. The Morgan fingerprint density at radius 1 is 1.33 bits per heavy atom. The molecular formula is C18H14ClF3N4O3S. The number of amides is 1. The molecule has 0 atom stereocenters. The zero-order valence-corrected chi connectivity index (χ0v) is 16.9. The van der Waals surface area contributed by atoms with Crippen molar-refractivity contribution in [3.8, 4) is 5.69 Å². The summed E-state index contributed by atoms with van der Waals surface area (Å²) in [5.41, 5.74) is -1.53. The number of ether oxygens (including phenoxy) is 1. The van der Waals surface area contributed by atoms with E-state index in [0.717, 1.165) is 17.5 Å². The number of rotatable bonds is 6. The van der Waals surface area contributed by atoms with E-state index in [-0.39, 0.29) is 28.9 Å². The number of halogens is 4. The fraction of sp³-hybridized carbons (Fsp3) is 0.222. The fourth-order valence-corrected chi connectivity index (χ4v) is 3.45. The third-order valence-corrected chi connectivity index (χ3v) is 4.78. The first kappa shape index (κ1) is 21.8. The lowest BCUT2D eigenvalue weighted by molar-refractivity contribution is -0.143. The van der Waals surface area contributed by atoms with Crippen LogP contribution in [0, 0.1) is 0 Å². The number of hydrogen-bond donors (Lipinski definition) is 1. The molecule has 0 unspecified atom stereocenters. The maximum atomic E-state index is 13.7. The van der Waals surface area contributed by atoms with E-state index in [4.69, 9.17) is 16.3 Å². The van der Waals surface area contributed by atoms with Crippen LogP contribution in [0.1, 0.15) is 28.7 Å². The van der Waals surface area contributed by atoms with Gasteiger partial charge in [-0.05, 0) is 25.1 Å². The van der Waals surface area contributed by atoms with E-state index in [9.17, 15) is 22.8 Å². The van der Waals surface area contributed by atoms with Crippen LogP contribution in [0.2, 0.25) is 5.02 Å². The van der Waals surface area contributed by atoms with Gasteiger partial charge in [-0.3, -0.25) is 14.9 Å². The van der Waals surface area contributed by atoms with Crippen LogP contribution < -0.4 is 5.32 Å². The summed E-state index contributed by atoms with van der Waals surface area (Å²) < 4.78 is 46.5. The van der Waals surface area contributed by atoms with Crippen LogP contribution in [0.5, 0.6) is 0 Å². The van der Waals surface area contributed by atoms with Gasteiger partial charge in [0.2, 0.25) is 0 Å². The number of hydrogen-bond acceptors (Lipinski definition) is 6. The quantitative estimate of drug-likeness (QED) is 0.555. The second-order valence-corrected chi connectivity index (χ2v) is 7.17. The van der Waals surface area contributed by atoms with Crippen molar-refractivity contribution in [1.82, 2.24) is 14.8 Å². The van der Waals surface area contributed by atoms with Gasteiger partial charge in [-0.2, -0.15) is 18.3 Å². The summed E-state index contributed by atoms with van der Waals surface area (Å²) in [6, 6.07) is 5.66. The number of carbonyl (C=O) groups is 2. The van der Waals surface area contributed by atoms with Gasteiger partial charge in [0.25, 0.3) is 5.91 Å². The van der Waals surface area contributed by atoms with E-state index in [0.29, 0.717) is 10.4 Å². The fourth-order valence-electron chi connectivity index (χ4n) is 2.56. The molecule has 2 aromatic heterocycles. The summed E-state index contributed by atoms with van der Waals surface area (Å²) in [6.07, 6.45) is -4.14. The predicted octanol–water partition coefficient (Wildman–Crippen LogP) is 4.36. The zero-order chi connectivity index (χ0) is 21.9. The molecule has 7 nitrogen and oxygen atoms in total. The molecule has 3 aromatic rings. The van der Waals surface area contributed by atoms with Crippen molar-refractivity contribution < 1.29 is 27.5 Å². The van der Waals surface area contributed by atoms with Gasteiger partial charge in [0.05, 0.1) is 36.2 Å². The van der Waals surface area contributed by atoms with Crippen LogP contribution in [-0.2, 0) is 22.1 Å². The van der Waals surface area contributed by atoms with Crippen molar-refractivity contribution in [3.05, 3.63) is 57.8 Å². The van der Waals surface area contributed by atoms with Gasteiger partial charge in [0, 0.05) is 10.4 Å². The molecule has 0 saturated carbocycles. The summed E-state index contributed by atoms with van der Waals surface area (Å²) in [4.78, 5) is 28.0.